The summed E-state index contributed by atoms with van der Waals surface area (Å²) in [4.78, 5) is 12.9. The highest BCUT2D eigenvalue weighted by atomic mass is 15.1. The number of benzene rings is 1. The molecule has 4 rings (SSSR count). The molecule has 23 heavy (non-hydrogen) atoms. The largest absolute Gasteiger partial charge is 0.361 e. The first kappa shape index (κ1) is 13.6. The Labute approximate surface area is 134 Å². The molecule has 3 aromatic rings. The van der Waals surface area contributed by atoms with Crippen molar-refractivity contribution >= 4 is 16.9 Å². The molecule has 2 heterocycles. The van der Waals surface area contributed by atoms with Crippen molar-refractivity contribution in [2.24, 2.45) is 0 Å². The third kappa shape index (κ3) is 2.49. The first-order chi connectivity index (χ1) is 11.3. The van der Waals surface area contributed by atoms with Gasteiger partial charge in [0.05, 0.1) is 11.6 Å². The molecule has 0 spiro atoms. The summed E-state index contributed by atoms with van der Waals surface area (Å²) in [6.45, 7) is 0. The Hall–Kier alpha value is -3.00. The zero-order valence-electron chi connectivity index (χ0n) is 12.5. The number of nitrogens with zero attached hydrogens (tertiary/aromatic N) is 4. The van der Waals surface area contributed by atoms with E-state index >= 15 is 0 Å². The van der Waals surface area contributed by atoms with Gasteiger partial charge in [0.2, 0.25) is 5.82 Å². The summed E-state index contributed by atoms with van der Waals surface area (Å²) in [5.74, 6) is 0.797. The van der Waals surface area contributed by atoms with E-state index in [1.54, 1.807) is 6.20 Å². The lowest BCUT2D eigenvalue weighted by molar-refractivity contribution is 0.599. The fraction of sp³-hybridized carbons (Fsp3) is 0.222. The Morgan fingerprint density at radius 1 is 1.13 bits per heavy atom. The lowest BCUT2D eigenvalue weighted by atomic mass is 9.88. The molecule has 1 aromatic carbocycles. The quantitative estimate of drug-likeness (QED) is 0.785. The number of hydrogen-bond acceptors (Lipinski definition) is 5. The van der Waals surface area contributed by atoms with E-state index in [0.717, 1.165) is 19.3 Å². The van der Waals surface area contributed by atoms with E-state index in [4.69, 9.17) is 5.26 Å². The van der Waals surface area contributed by atoms with Crippen LogP contribution in [0, 0.1) is 11.3 Å². The second-order valence-corrected chi connectivity index (χ2v) is 5.67. The molecule has 0 amide bonds. The Kier molecular flexibility index (Phi) is 3.35. The second kappa shape index (κ2) is 5.65. The van der Waals surface area contributed by atoms with Gasteiger partial charge in [-0.2, -0.15) is 10.2 Å². The van der Waals surface area contributed by atoms with Gasteiger partial charge >= 0.3 is 0 Å². The van der Waals surface area contributed by atoms with Gasteiger partial charge in [0.25, 0.3) is 0 Å². The van der Waals surface area contributed by atoms with Crippen molar-refractivity contribution in [3.05, 3.63) is 59.5 Å². The molecule has 5 nitrogen and oxygen atoms in total. The molecule has 0 radical (unpaired) electrons. The average molecular weight is 301 g/mol. The van der Waals surface area contributed by atoms with Crippen LogP contribution in [0.15, 0.2) is 42.6 Å². The Balaban J connectivity index is 1.78. The van der Waals surface area contributed by atoms with Crippen LogP contribution in [0.4, 0.5) is 5.82 Å². The van der Waals surface area contributed by atoms with Crippen LogP contribution in [-0.2, 0) is 6.42 Å². The Morgan fingerprint density at radius 2 is 2.04 bits per heavy atom. The van der Waals surface area contributed by atoms with Gasteiger partial charge in [0.1, 0.15) is 11.6 Å². The number of nitriles is 1. The summed E-state index contributed by atoms with van der Waals surface area (Å²) in [6, 6.07) is 14.4. The summed E-state index contributed by atoms with van der Waals surface area (Å²) in [5.41, 5.74) is 4.07. The first-order valence-corrected chi connectivity index (χ1v) is 7.72. The molecule has 0 fully saturated rings. The maximum absolute atomic E-state index is 9.16. The van der Waals surface area contributed by atoms with Crippen molar-refractivity contribution in [2.45, 2.75) is 25.3 Å². The second-order valence-electron chi connectivity index (χ2n) is 5.67. The molecule has 0 saturated heterocycles. The molecule has 1 unspecified atom stereocenters. The predicted octanol–water partition coefficient (Wildman–Crippen LogP) is 3.39. The summed E-state index contributed by atoms with van der Waals surface area (Å²) in [5, 5.41) is 12.7. The van der Waals surface area contributed by atoms with E-state index in [-0.39, 0.29) is 11.9 Å². The summed E-state index contributed by atoms with van der Waals surface area (Å²) in [7, 11) is 0. The number of nitrogens with one attached hydrogen (secondary N) is 1. The molecule has 5 heteroatoms. The normalized spacial score (nSPS) is 16.6. The minimum atomic E-state index is 0.164. The van der Waals surface area contributed by atoms with Gasteiger partial charge in [-0.3, -0.25) is 4.98 Å². The highest BCUT2D eigenvalue weighted by Crippen LogP contribution is 2.33. The average Bonchev–Trinajstić information content (AvgIpc) is 2.62. The number of anilines is 1. The van der Waals surface area contributed by atoms with E-state index in [0.29, 0.717) is 16.9 Å². The zero-order chi connectivity index (χ0) is 15.6. The van der Waals surface area contributed by atoms with Crippen LogP contribution in [0.2, 0.25) is 0 Å². The van der Waals surface area contributed by atoms with Crippen molar-refractivity contribution < 1.29 is 0 Å². The van der Waals surface area contributed by atoms with Gasteiger partial charge in [-0.25, -0.2) is 4.98 Å². The predicted molar refractivity (Wildman–Crippen MR) is 87.8 cm³/mol. The molecule has 2 aromatic heterocycles. The Morgan fingerprint density at radius 3 is 2.96 bits per heavy atom. The highest BCUT2D eigenvalue weighted by molar-refractivity contribution is 5.85. The zero-order valence-corrected chi connectivity index (χ0v) is 12.5. The maximum atomic E-state index is 9.16. The van der Waals surface area contributed by atoms with Crippen LogP contribution in [0.1, 0.15) is 35.8 Å². The van der Waals surface area contributed by atoms with E-state index in [1.165, 1.54) is 11.1 Å². The molecular formula is C18H15N5. The van der Waals surface area contributed by atoms with E-state index in [9.17, 15) is 0 Å². The molecule has 0 saturated carbocycles. The highest BCUT2D eigenvalue weighted by Gasteiger charge is 2.21. The smallest absolute Gasteiger partial charge is 0.234 e. The summed E-state index contributed by atoms with van der Waals surface area (Å²) < 4.78 is 0. The topological polar surface area (TPSA) is 74.5 Å². The number of fused-ring (bicyclic) bond motifs is 2. The van der Waals surface area contributed by atoms with Crippen molar-refractivity contribution in [1.29, 1.82) is 5.26 Å². The van der Waals surface area contributed by atoms with Crippen molar-refractivity contribution in [2.75, 3.05) is 5.32 Å². The SMILES string of the molecule is N#Cc1nc(NC2CCCc3ccccc32)c2ncccc2n1. The van der Waals surface area contributed by atoms with Crippen LogP contribution in [0.5, 0.6) is 0 Å². The number of aromatic nitrogens is 3. The minimum absolute atomic E-state index is 0.164. The summed E-state index contributed by atoms with van der Waals surface area (Å²) in [6.07, 6.45) is 5.01. The van der Waals surface area contributed by atoms with Gasteiger partial charge in [-0.1, -0.05) is 24.3 Å². The van der Waals surface area contributed by atoms with E-state index < -0.39 is 0 Å². The van der Waals surface area contributed by atoms with Crippen LogP contribution in [-0.4, -0.2) is 15.0 Å². The maximum Gasteiger partial charge on any atom is 0.234 e. The fourth-order valence-electron chi connectivity index (χ4n) is 3.19. The molecule has 1 aliphatic rings. The van der Waals surface area contributed by atoms with E-state index in [1.807, 2.05) is 18.2 Å². The van der Waals surface area contributed by atoms with Crippen LogP contribution < -0.4 is 5.32 Å². The minimum Gasteiger partial charge on any atom is -0.361 e. The van der Waals surface area contributed by atoms with E-state index in [2.05, 4.69) is 44.5 Å². The monoisotopic (exact) mass is 301 g/mol. The van der Waals surface area contributed by atoms with Gasteiger partial charge in [0.15, 0.2) is 5.82 Å². The number of rotatable bonds is 2. The summed E-state index contributed by atoms with van der Waals surface area (Å²) >= 11 is 0. The number of aryl methyl sites for hydroxylation is 1. The third-order valence-electron chi connectivity index (χ3n) is 4.24. The van der Waals surface area contributed by atoms with Gasteiger partial charge in [-0.05, 0) is 42.5 Å². The number of pyridine rings is 1. The van der Waals surface area contributed by atoms with Crippen LogP contribution in [0.25, 0.3) is 11.0 Å². The van der Waals surface area contributed by atoms with Crippen LogP contribution in [0.3, 0.4) is 0 Å². The Bertz CT molecular complexity index is 913. The standard InChI is InChI=1S/C18H15N5/c19-11-16-21-15-9-4-10-20-17(15)18(23-16)22-14-8-3-6-12-5-1-2-7-13(12)14/h1-2,4-5,7,9-10,14H,3,6,8H2,(H,21,22,23). The first-order valence-electron chi connectivity index (χ1n) is 7.72. The van der Waals surface area contributed by atoms with Crippen LogP contribution >= 0.6 is 0 Å². The number of hydrogen-bond donors (Lipinski definition) is 1. The lowest BCUT2D eigenvalue weighted by Crippen LogP contribution is -2.18. The van der Waals surface area contributed by atoms with Gasteiger partial charge in [-0.15, -0.1) is 0 Å². The fourth-order valence-corrected chi connectivity index (χ4v) is 3.19. The lowest BCUT2D eigenvalue weighted by Gasteiger charge is -2.27. The van der Waals surface area contributed by atoms with Crippen molar-refractivity contribution in [1.82, 2.24) is 15.0 Å². The molecule has 1 N–H and O–H groups in total. The molecular weight excluding hydrogens is 286 g/mol. The molecule has 0 bridgehead atoms. The van der Waals surface area contributed by atoms with Gasteiger partial charge < -0.3 is 5.32 Å². The molecule has 0 aliphatic heterocycles. The third-order valence-corrected chi connectivity index (χ3v) is 4.24. The molecule has 1 aliphatic carbocycles. The van der Waals surface area contributed by atoms with Crippen molar-refractivity contribution in [3.63, 3.8) is 0 Å². The molecule has 112 valence electrons. The molecule has 1 atom stereocenters. The van der Waals surface area contributed by atoms with Gasteiger partial charge in [0, 0.05) is 6.20 Å². The van der Waals surface area contributed by atoms with Crippen molar-refractivity contribution in [3.8, 4) is 6.07 Å².